The van der Waals surface area contributed by atoms with Crippen molar-refractivity contribution in [2.24, 2.45) is 0 Å². The number of ketones is 1. The lowest BCUT2D eigenvalue weighted by atomic mass is 10.1. The highest BCUT2D eigenvalue weighted by atomic mass is 16.1. The molecule has 4 aromatic rings. The van der Waals surface area contributed by atoms with Crippen LogP contribution in [0.3, 0.4) is 0 Å². The molecular formula is C18H15N5O. The zero-order chi connectivity index (χ0) is 16.5. The highest BCUT2D eigenvalue weighted by Crippen LogP contribution is 2.16. The summed E-state index contributed by atoms with van der Waals surface area (Å²) in [6, 6.07) is 15.4. The van der Waals surface area contributed by atoms with Gasteiger partial charge >= 0.3 is 0 Å². The van der Waals surface area contributed by atoms with Crippen LogP contribution in [-0.4, -0.2) is 30.7 Å². The van der Waals surface area contributed by atoms with E-state index in [1.807, 2.05) is 55.5 Å². The first kappa shape index (κ1) is 14.3. The Kier molecular flexibility index (Phi) is 3.42. The minimum absolute atomic E-state index is 0.0501. The molecule has 0 spiro atoms. The number of nitrogens with one attached hydrogen (secondary N) is 1. The lowest BCUT2D eigenvalue weighted by Crippen LogP contribution is -2.03. The maximum absolute atomic E-state index is 12.3. The number of aromatic nitrogens is 5. The van der Waals surface area contributed by atoms with Gasteiger partial charge in [0.25, 0.3) is 0 Å². The maximum Gasteiger partial charge on any atom is 0.189 e. The summed E-state index contributed by atoms with van der Waals surface area (Å²) in [6.45, 7) is 1.91. The molecule has 2 heterocycles. The quantitative estimate of drug-likeness (QED) is 0.587. The van der Waals surface area contributed by atoms with Gasteiger partial charge in [-0.2, -0.15) is 0 Å². The third-order valence-corrected chi connectivity index (χ3v) is 3.83. The molecule has 24 heavy (non-hydrogen) atoms. The second-order valence-corrected chi connectivity index (χ2v) is 5.66. The predicted octanol–water partition coefficient (Wildman–Crippen LogP) is 2.88. The van der Waals surface area contributed by atoms with E-state index >= 15 is 0 Å². The molecule has 6 heteroatoms. The van der Waals surface area contributed by atoms with Crippen molar-refractivity contribution in [1.82, 2.24) is 25.0 Å². The van der Waals surface area contributed by atoms with Crippen molar-refractivity contribution in [3.63, 3.8) is 0 Å². The molecule has 0 aliphatic rings. The summed E-state index contributed by atoms with van der Waals surface area (Å²) in [7, 11) is 0. The van der Waals surface area contributed by atoms with E-state index in [0.29, 0.717) is 12.1 Å². The van der Waals surface area contributed by atoms with Crippen LogP contribution >= 0.6 is 0 Å². The standard InChI is InChI=1S/C18H15N5O/c1-12-19-15-8-7-14(10-16(15)20-12)23-11-17(21-22-23)18(24)9-13-5-3-2-4-6-13/h2-8,10-11H,9H2,1H3,(H,19,20). The Bertz CT molecular complexity index is 1020. The minimum Gasteiger partial charge on any atom is -0.342 e. The molecule has 0 atom stereocenters. The molecule has 0 saturated carbocycles. The molecule has 0 fully saturated rings. The lowest BCUT2D eigenvalue weighted by Gasteiger charge is -1.99. The number of benzene rings is 2. The Morgan fingerprint density at radius 2 is 2.00 bits per heavy atom. The van der Waals surface area contributed by atoms with Crippen molar-refractivity contribution in [2.45, 2.75) is 13.3 Å². The van der Waals surface area contributed by atoms with E-state index in [1.54, 1.807) is 10.9 Å². The van der Waals surface area contributed by atoms with Crippen molar-refractivity contribution in [3.8, 4) is 5.69 Å². The average molecular weight is 317 g/mol. The third-order valence-electron chi connectivity index (χ3n) is 3.83. The number of hydrogen-bond donors (Lipinski definition) is 1. The fraction of sp³-hybridized carbons (Fsp3) is 0.111. The van der Waals surface area contributed by atoms with Gasteiger partial charge in [0, 0.05) is 6.42 Å². The number of carbonyl (C=O) groups excluding carboxylic acids is 1. The topological polar surface area (TPSA) is 76.5 Å². The Morgan fingerprint density at radius 1 is 1.17 bits per heavy atom. The Hall–Kier alpha value is -3.28. The van der Waals surface area contributed by atoms with Crippen LogP contribution in [-0.2, 0) is 6.42 Å². The number of carbonyl (C=O) groups is 1. The van der Waals surface area contributed by atoms with Crippen molar-refractivity contribution in [2.75, 3.05) is 0 Å². The van der Waals surface area contributed by atoms with E-state index in [-0.39, 0.29) is 5.78 Å². The normalized spacial score (nSPS) is 11.0. The largest absolute Gasteiger partial charge is 0.342 e. The Morgan fingerprint density at radius 3 is 2.83 bits per heavy atom. The van der Waals surface area contributed by atoms with Crippen LogP contribution in [0.2, 0.25) is 0 Å². The van der Waals surface area contributed by atoms with Gasteiger partial charge in [0.05, 0.1) is 22.9 Å². The van der Waals surface area contributed by atoms with Gasteiger partial charge in [-0.1, -0.05) is 35.5 Å². The van der Waals surface area contributed by atoms with Gasteiger partial charge in [0.15, 0.2) is 5.78 Å². The minimum atomic E-state index is -0.0501. The van der Waals surface area contributed by atoms with E-state index in [4.69, 9.17) is 0 Å². The fourth-order valence-corrected chi connectivity index (χ4v) is 2.66. The van der Waals surface area contributed by atoms with E-state index in [2.05, 4.69) is 20.3 Å². The molecule has 6 nitrogen and oxygen atoms in total. The molecule has 0 aliphatic carbocycles. The van der Waals surface area contributed by atoms with Gasteiger partial charge in [-0.25, -0.2) is 9.67 Å². The number of rotatable bonds is 4. The van der Waals surface area contributed by atoms with Crippen molar-refractivity contribution < 1.29 is 4.79 Å². The van der Waals surface area contributed by atoms with Crippen LogP contribution < -0.4 is 0 Å². The first-order valence-corrected chi connectivity index (χ1v) is 7.65. The van der Waals surface area contributed by atoms with Crippen LogP contribution in [0.5, 0.6) is 0 Å². The average Bonchev–Trinajstić information content (AvgIpc) is 3.20. The molecule has 0 bridgehead atoms. The number of aromatic amines is 1. The second kappa shape index (κ2) is 5.73. The highest BCUT2D eigenvalue weighted by molar-refractivity contribution is 5.95. The van der Waals surface area contributed by atoms with Gasteiger partial charge in [-0.15, -0.1) is 5.10 Å². The number of fused-ring (bicyclic) bond motifs is 1. The SMILES string of the molecule is Cc1nc2ccc(-n3cc(C(=O)Cc4ccccc4)nn3)cc2[nH]1. The number of aryl methyl sites for hydroxylation is 1. The molecule has 0 aliphatic heterocycles. The van der Waals surface area contributed by atoms with Gasteiger partial charge in [-0.3, -0.25) is 4.79 Å². The smallest absolute Gasteiger partial charge is 0.189 e. The Balaban J connectivity index is 1.60. The fourth-order valence-electron chi connectivity index (χ4n) is 2.66. The van der Waals surface area contributed by atoms with E-state index in [9.17, 15) is 4.79 Å². The molecule has 0 unspecified atom stereocenters. The van der Waals surface area contributed by atoms with Crippen molar-refractivity contribution in [3.05, 3.63) is 71.8 Å². The Labute approximate surface area is 138 Å². The van der Waals surface area contributed by atoms with Gasteiger partial charge in [-0.05, 0) is 30.7 Å². The zero-order valence-electron chi connectivity index (χ0n) is 13.1. The molecule has 4 rings (SSSR count). The monoisotopic (exact) mass is 317 g/mol. The number of nitrogens with zero attached hydrogens (tertiary/aromatic N) is 4. The third kappa shape index (κ3) is 2.69. The van der Waals surface area contributed by atoms with Crippen molar-refractivity contribution in [1.29, 1.82) is 0 Å². The number of Topliss-reactive ketones (excluding diaryl/α,β-unsaturated/α-hetero) is 1. The number of imidazole rings is 1. The summed E-state index contributed by atoms with van der Waals surface area (Å²) < 4.78 is 1.60. The molecule has 0 radical (unpaired) electrons. The molecule has 2 aromatic carbocycles. The summed E-state index contributed by atoms with van der Waals surface area (Å²) in [5, 5.41) is 8.09. The van der Waals surface area contributed by atoms with Crippen LogP contribution in [0.4, 0.5) is 0 Å². The van der Waals surface area contributed by atoms with E-state index in [0.717, 1.165) is 28.1 Å². The maximum atomic E-state index is 12.3. The summed E-state index contributed by atoms with van der Waals surface area (Å²) in [4.78, 5) is 19.9. The first-order valence-electron chi connectivity index (χ1n) is 7.65. The molecule has 1 N–H and O–H groups in total. The van der Waals surface area contributed by atoms with Crippen molar-refractivity contribution >= 4 is 16.8 Å². The van der Waals surface area contributed by atoms with Gasteiger partial charge in [0.1, 0.15) is 11.5 Å². The summed E-state index contributed by atoms with van der Waals surface area (Å²) in [5.41, 5.74) is 3.98. The van der Waals surface area contributed by atoms with E-state index in [1.165, 1.54) is 0 Å². The van der Waals surface area contributed by atoms with E-state index < -0.39 is 0 Å². The molecule has 0 amide bonds. The summed E-state index contributed by atoms with van der Waals surface area (Å²) >= 11 is 0. The summed E-state index contributed by atoms with van der Waals surface area (Å²) in [5.74, 6) is 0.811. The number of H-pyrrole nitrogens is 1. The van der Waals surface area contributed by atoms with Crippen LogP contribution in [0.25, 0.3) is 16.7 Å². The van der Waals surface area contributed by atoms with Crippen LogP contribution in [0, 0.1) is 6.92 Å². The predicted molar refractivity (Wildman–Crippen MR) is 90.2 cm³/mol. The first-order chi connectivity index (χ1) is 11.7. The van der Waals surface area contributed by atoms with Crippen LogP contribution in [0.1, 0.15) is 21.9 Å². The highest BCUT2D eigenvalue weighted by Gasteiger charge is 2.13. The molecule has 118 valence electrons. The molecule has 0 saturated heterocycles. The molecule has 2 aromatic heterocycles. The number of hydrogen-bond acceptors (Lipinski definition) is 4. The zero-order valence-corrected chi connectivity index (χ0v) is 13.1. The van der Waals surface area contributed by atoms with Gasteiger partial charge < -0.3 is 4.98 Å². The van der Waals surface area contributed by atoms with Crippen LogP contribution in [0.15, 0.2) is 54.7 Å². The van der Waals surface area contributed by atoms with Gasteiger partial charge in [0.2, 0.25) is 0 Å². The second-order valence-electron chi connectivity index (χ2n) is 5.66. The molecular weight excluding hydrogens is 302 g/mol. The lowest BCUT2D eigenvalue weighted by molar-refractivity contribution is 0.0988. The summed E-state index contributed by atoms with van der Waals surface area (Å²) in [6.07, 6.45) is 1.98.